The summed E-state index contributed by atoms with van der Waals surface area (Å²) in [6, 6.07) is 11.3. The molecule has 1 atom stereocenters. The fourth-order valence-electron chi connectivity index (χ4n) is 2.86. The zero-order valence-electron chi connectivity index (χ0n) is 13.6. The maximum atomic E-state index is 13.3. The molecule has 0 aliphatic heterocycles. The van der Waals surface area contributed by atoms with Crippen LogP contribution in [0.25, 0.3) is 0 Å². The largest absolute Gasteiger partial charge is 0.497 e. The van der Waals surface area contributed by atoms with Gasteiger partial charge < -0.3 is 9.64 Å². The molecule has 0 saturated heterocycles. The highest BCUT2D eigenvalue weighted by molar-refractivity contribution is 6.34. The first-order valence-corrected chi connectivity index (χ1v) is 8.31. The van der Waals surface area contributed by atoms with Crippen LogP contribution in [0.5, 0.6) is 5.75 Å². The molecule has 0 unspecified atom stereocenters. The second kappa shape index (κ2) is 6.81. The molecular weight excluding hydrogens is 329 g/mol. The molecule has 0 spiro atoms. The van der Waals surface area contributed by atoms with Gasteiger partial charge in [-0.15, -0.1) is 0 Å². The molecule has 1 amide bonds. The van der Waals surface area contributed by atoms with E-state index in [1.807, 2.05) is 31.2 Å². The highest BCUT2D eigenvalue weighted by atomic mass is 35.5. The summed E-state index contributed by atoms with van der Waals surface area (Å²) in [6.07, 6.45) is 2.22. The molecule has 3 rings (SSSR count). The fraction of sp³-hybridized carbons (Fsp3) is 0.316. The van der Waals surface area contributed by atoms with Gasteiger partial charge in [-0.1, -0.05) is 11.6 Å². The van der Waals surface area contributed by atoms with Crippen LogP contribution < -0.4 is 9.64 Å². The second-order valence-electron chi connectivity index (χ2n) is 6.08. The van der Waals surface area contributed by atoms with Crippen molar-refractivity contribution in [3.63, 3.8) is 0 Å². The maximum absolute atomic E-state index is 13.3. The van der Waals surface area contributed by atoms with E-state index in [4.69, 9.17) is 16.3 Å². The molecule has 1 aliphatic rings. The predicted molar refractivity (Wildman–Crippen MR) is 93.4 cm³/mol. The van der Waals surface area contributed by atoms with Crippen LogP contribution in [-0.4, -0.2) is 19.1 Å². The van der Waals surface area contributed by atoms with Crippen LogP contribution in [0.4, 0.5) is 10.1 Å². The maximum Gasteiger partial charge on any atom is 0.260 e. The third-order valence-corrected chi connectivity index (χ3v) is 4.76. The number of rotatable bonds is 5. The van der Waals surface area contributed by atoms with Crippen molar-refractivity contribution in [3.05, 3.63) is 58.9 Å². The molecule has 0 heterocycles. The number of hydrogen-bond donors (Lipinski definition) is 0. The topological polar surface area (TPSA) is 29.5 Å². The summed E-state index contributed by atoms with van der Waals surface area (Å²) in [4.78, 5) is 14.8. The molecule has 3 nitrogen and oxygen atoms in total. The number of carbonyl (C=O) groups is 1. The molecular formula is C19H19ClFNO2. The summed E-state index contributed by atoms with van der Waals surface area (Å²) in [6.45, 7) is 2.04. The Morgan fingerprint density at radius 3 is 2.46 bits per heavy atom. The molecule has 0 radical (unpaired) electrons. The van der Waals surface area contributed by atoms with E-state index < -0.39 is 5.82 Å². The van der Waals surface area contributed by atoms with Gasteiger partial charge in [0.2, 0.25) is 0 Å². The van der Waals surface area contributed by atoms with Crippen molar-refractivity contribution in [2.75, 3.05) is 12.0 Å². The normalized spacial score (nSPS) is 15.0. The minimum absolute atomic E-state index is 0.0482. The van der Waals surface area contributed by atoms with Crippen molar-refractivity contribution in [3.8, 4) is 5.75 Å². The van der Waals surface area contributed by atoms with Gasteiger partial charge in [0, 0.05) is 11.7 Å². The lowest BCUT2D eigenvalue weighted by atomic mass is 10.1. The Morgan fingerprint density at radius 2 is 1.92 bits per heavy atom. The summed E-state index contributed by atoms with van der Waals surface area (Å²) >= 11 is 6.10. The number of carbonyl (C=O) groups excluding carboxylic acids is 1. The number of nitrogens with zero attached hydrogens (tertiary/aromatic N) is 1. The molecule has 1 fully saturated rings. The van der Waals surface area contributed by atoms with Crippen molar-refractivity contribution in [1.82, 2.24) is 0 Å². The Morgan fingerprint density at radius 1 is 1.25 bits per heavy atom. The second-order valence-corrected chi connectivity index (χ2v) is 6.48. The minimum atomic E-state index is -0.456. The van der Waals surface area contributed by atoms with Gasteiger partial charge in [-0.2, -0.15) is 0 Å². The van der Waals surface area contributed by atoms with E-state index in [2.05, 4.69) is 0 Å². The first-order valence-electron chi connectivity index (χ1n) is 7.94. The lowest BCUT2D eigenvalue weighted by Crippen LogP contribution is -2.40. The molecule has 2 aromatic carbocycles. The Balaban J connectivity index is 1.98. The smallest absolute Gasteiger partial charge is 0.260 e. The zero-order valence-corrected chi connectivity index (χ0v) is 14.4. The summed E-state index contributed by atoms with van der Waals surface area (Å²) in [5, 5.41) is 0.126. The van der Waals surface area contributed by atoms with Gasteiger partial charge in [0.05, 0.1) is 17.7 Å². The number of ether oxygens (including phenoxy) is 1. The minimum Gasteiger partial charge on any atom is -0.497 e. The third-order valence-electron chi connectivity index (χ3n) is 4.44. The van der Waals surface area contributed by atoms with E-state index in [1.165, 1.54) is 18.2 Å². The summed E-state index contributed by atoms with van der Waals surface area (Å²) in [5.74, 6) is 0.535. The lowest BCUT2D eigenvalue weighted by molar-refractivity contribution is 0.0975. The molecule has 0 aromatic heterocycles. The Kier molecular flexibility index (Phi) is 4.76. The van der Waals surface area contributed by atoms with Crippen molar-refractivity contribution in [2.45, 2.75) is 25.8 Å². The Labute approximate surface area is 146 Å². The molecule has 1 aliphatic carbocycles. The van der Waals surface area contributed by atoms with Crippen LogP contribution in [0.2, 0.25) is 5.02 Å². The SMILES string of the molecule is COc1ccc(N(C(=O)c2ccc(F)cc2Cl)[C@@H](C)C2CC2)cc1. The molecule has 0 N–H and O–H groups in total. The zero-order chi connectivity index (χ0) is 17.3. The van der Waals surface area contributed by atoms with Gasteiger partial charge in [0.15, 0.2) is 0 Å². The highest BCUT2D eigenvalue weighted by Crippen LogP contribution is 2.38. The van der Waals surface area contributed by atoms with Crippen molar-refractivity contribution < 1.29 is 13.9 Å². The Hall–Kier alpha value is -2.07. The van der Waals surface area contributed by atoms with E-state index in [0.29, 0.717) is 11.5 Å². The van der Waals surface area contributed by atoms with Gasteiger partial charge in [-0.3, -0.25) is 4.79 Å². The number of benzene rings is 2. The summed E-state index contributed by atoms with van der Waals surface area (Å²) in [7, 11) is 1.60. The first kappa shape index (κ1) is 16.8. The number of hydrogen-bond acceptors (Lipinski definition) is 2. The van der Waals surface area contributed by atoms with E-state index in [0.717, 1.165) is 24.3 Å². The van der Waals surface area contributed by atoms with Crippen LogP contribution in [0, 0.1) is 11.7 Å². The Bertz CT molecular complexity index is 744. The van der Waals surface area contributed by atoms with Gasteiger partial charge in [0.25, 0.3) is 5.91 Å². The van der Waals surface area contributed by atoms with E-state index in [9.17, 15) is 9.18 Å². The van der Waals surface area contributed by atoms with Gasteiger partial charge in [-0.25, -0.2) is 4.39 Å². The molecule has 24 heavy (non-hydrogen) atoms. The molecule has 2 aromatic rings. The lowest BCUT2D eigenvalue weighted by Gasteiger charge is -2.30. The van der Waals surface area contributed by atoms with Crippen LogP contribution in [-0.2, 0) is 0 Å². The van der Waals surface area contributed by atoms with Crippen LogP contribution in [0.3, 0.4) is 0 Å². The predicted octanol–water partition coefficient (Wildman–Crippen LogP) is 4.93. The first-order chi connectivity index (χ1) is 11.5. The average molecular weight is 348 g/mol. The monoisotopic (exact) mass is 347 g/mol. The van der Waals surface area contributed by atoms with Crippen LogP contribution in [0.15, 0.2) is 42.5 Å². The van der Waals surface area contributed by atoms with Gasteiger partial charge in [-0.05, 0) is 68.1 Å². The van der Waals surface area contributed by atoms with Crippen molar-refractivity contribution >= 4 is 23.2 Å². The molecule has 1 saturated carbocycles. The third kappa shape index (κ3) is 3.39. The summed E-state index contributed by atoms with van der Waals surface area (Å²) in [5.41, 5.74) is 1.09. The van der Waals surface area contributed by atoms with Crippen molar-refractivity contribution in [1.29, 1.82) is 0 Å². The molecule has 0 bridgehead atoms. The van der Waals surface area contributed by atoms with Crippen molar-refractivity contribution in [2.24, 2.45) is 5.92 Å². The quantitative estimate of drug-likeness (QED) is 0.767. The molecule has 126 valence electrons. The van der Waals surface area contributed by atoms with E-state index >= 15 is 0 Å². The average Bonchev–Trinajstić information content (AvgIpc) is 3.40. The van der Waals surface area contributed by atoms with E-state index in [1.54, 1.807) is 12.0 Å². The van der Waals surface area contributed by atoms with Gasteiger partial charge >= 0.3 is 0 Å². The fourth-order valence-corrected chi connectivity index (χ4v) is 3.11. The number of halogens is 2. The van der Waals surface area contributed by atoms with Gasteiger partial charge in [0.1, 0.15) is 11.6 Å². The summed E-state index contributed by atoms with van der Waals surface area (Å²) < 4.78 is 18.5. The van der Waals surface area contributed by atoms with Crippen LogP contribution >= 0.6 is 11.6 Å². The number of amides is 1. The number of methoxy groups -OCH3 is 1. The standard InChI is InChI=1S/C19H19ClFNO2/c1-12(13-3-4-13)22(15-6-8-16(24-2)9-7-15)19(23)17-10-5-14(21)11-18(17)20/h5-13H,3-4H2,1-2H3/t12-/m0/s1. The highest BCUT2D eigenvalue weighted by Gasteiger charge is 2.36. The van der Waals surface area contributed by atoms with Crippen LogP contribution in [0.1, 0.15) is 30.1 Å². The molecule has 5 heteroatoms. The van der Waals surface area contributed by atoms with E-state index in [-0.39, 0.29) is 17.0 Å². The number of anilines is 1.